The highest BCUT2D eigenvalue weighted by Crippen LogP contribution is 2.19. The van der Waals surface area contributed by atoms with Gasteiger partial charge in [-0.05, 0) is 29.7 Å². The van der Waals surface area contributed by atoms with Gasteiger partial charge in [-0.3, -0.25) is 0 Å². The van der Waals surface area contributed by atoms with Gasteiger partial charge in [-0.25, -0.2) is 0 Å². The first kappa shape index (κ1) is 10.2. The number of allylic oxidation sites excluding steroid dienone is 1. The summed E-state index contributed by atoms with van der Waals surface area (Å²) in [5.74, 6) is 0. The molecular weight excluding hydrogens is 220 g/mol. The number of nitrogens with one attached hydrogen (secondary N) is 1. The van der Waals surface area contributed by atoms with Gasteiger partial charge in [-0.1, -0.05) is 0 Å². The average Bonchev–Trinajstić information content (AvgIpc) is 2.77. The third kappa shape index (κ3) is 2.00. The predicted octanol–water partition coefficient (Wildman–Crippen LogP) is 2.64. The summed E-state index contributed by atoms with van der Waals surface area (Å²) < 4.78 is 4.20. The van der Waals surface area contributed by atoms with Crippen LogP contribution in [-0.4, -0.2) is 4.37 Å². The number of anilines is 1. The summed E-state index contributed by atoms with van der Waals surface area (Å²) in [5, 5.41) is 23.0. The third-order valence-electron chi connectivity index (χ3n) is 1.99. The fourth-order valence-corrected chi connectivity index (χ4v) is 1.83. The molecule has 1 N–H and O–H groups in total. The molecule has 76 valence electrons. The molecule has 1 aromatic heterocycles. The fourth-order valence-electron chi connectivity index (χ4n) is 1.20. The number of aromatic nitrogens is 1. The first-order valence-corrected chi connectivity index (χ1v) is 5.28. The maximum atomic E-state index is 8.55. The van der Waals surface area contributed by atoms with Gasteiger partial charge in [0, 0.05) is 22.7 Å². The van der Waals surface area contributed by atoms with E-state index >= 15 is 0 Å². The number of hydrogen-bond acceptors (Lipinski definition) is 5. The molecule has 0 aliphatic heterocycles. The highest BCUT2D eigenvalue weighted by Gasteiger charge is 1.97. The van der Waals surface area contributed by atoms with Crippen molar-refractivity contribution < 1.29 is 0 Å². The maximum absolute atomic E-state index is 8.55. The monoisotopic (exact) mass is 226 g/mol. The Bertz CT molecular complexity index is 611. The molecule has 16 heavy (non-hydrogen) atoms. The van der Waals surface area contributed by atoms with Crippen LogP contribution < -0.4 is 5.32 Å². The molecule has 0 radical (unpaired) electrons. The lowest BCUT2D eigenvalue weighted by molar-refractivity contribution is 1.44. The molecule has 5 heteroatoms. The Balaban J connectivity index is 2.26. The van der Waals surface area contributed by atoms with E-state index in [2.05, 4.69) is 9.69 Å². The fraction of sp³-hybridized carbons (Fsp3) is 0. The quantitative estimate of drug-likeness (QED) is 0.799. The number of fused-ring (bicyclic) bond motifs is 1. The number of rotatable bonds is 2. The molecule has 0 bridgehead atoms. The molecular formula is C11H6N4S. The van der Waals surface area contributed by atoms with Crippen molar-refractivity contribution in [3.63, 3.8) is 0 Å². The van der Waals surface area contributed by atoms with E-state index in [1.165, 1.54) is 17.7 Å². The molecule has 0 saturated heterocycles. The zero-order chi connectivity index (χ0) is 11.4. The van der Waals surface area contributed by atoms with Crippen LogP contribution in [0.2, 0.25) is 0 Å². The van der Waals surface area contributed by atoms with Crippen LogP contribution in [-0.2, 0) is 0 Å². The maximum Gasteiger partial charge on any atom is 0.145 e. The highest BCUT2D eigenvalue weighted by molar-refractivity contribution is 7.04. The minimum Gasteiger partial charge on any atom is -0.360 e. The van der Waals surface area contributed by atoms with E-state index in [4.69, 9.17) is 10.5 Å². The van der Waals surface area contributed by atoms with E-state index < -0.39 is 0 Å². The lowest BCUT2D eigenvalue weighted by atomic mass is 10.2. The van der Waals surface area contributed by atoms with Gasteiger partial charge in [0.2, 0.25) is 0 Å². The SMILES string of the molecule is N#CC(C#N)=CNc1ccc2csnc2c1. The molecule has 0 fully saturated rings. The average molecular weight is 226 g/mol. The van der Waals surface area contributed by atoms with Crippen molar-refractivity contribution >= 4 is 28.1 Å². The Morgan fingerprint density at radius 1 is 1.38 bits per heavy atom. The summed E-state index contributed by atoms with van der Waals surface area (Å²) in [4.78, 5) is 0. The molecule has 0 saturated carbocycles. The van der Waals surface area contributed by atoms with Crippen LogP contribution in [0.1, 0.15) is 0 Å². The standard InChI is InChI=1S/C11H6N4S/c12-4-8(5-13)6-14-10-2-1-9-7-16-15-11(9)3-10/h1-3,6-7,14H. The first-order chi connectivity index (χ1) is 7.83. The second kappa shape index (κ2) is 4.43. The molecule has 4 nitrogen and oxygen atoms in total. The minimum absolute atomic E-state index is 0.0402. The molecule has 0 atom stereocenters. The van der Waals surface area contributed by atoms with Crippen molar-refractivity contribution in [3.8, 4) is 12.1 Å². The summed E-state index contributed by atoms with van der Waals surface area (Å²) >= 11 is 1.40. The third-order valence-corrected chi connectivity index (χ3v) is 2.65. The number of nitriles is 2. The normalized spacial score (nSPS) is 9.12. The minimum atomic E-state index is 0.0402. The van der Waals surface area contributed by atoms with Crippen LogP contribution in [0.3, 0.4) is 0 Å². The van der Waals surface area contributed by atoms with Crippen molar-refractivity contribution in [1.82, 2.24) is 4.37 Å². The topological polar surface area (TPSA) is 72.5 Å². The van der Waals surface area contributed by atoms with E-state index in [1.807, 2.05) is 23.6 Å². The van der Waals surface area contributed by atoms with Crippen molar-refractivity contribution in [1.29, 1.82) is 10.5 Å². The van der Waals surface area contributed by atoms with Crippen molar-refractivity contribution in [2.75, 3.05) is 5.32 Å². The van der Waals surface area contributed by atoms with Gasteiger partial charge in [0.25, 0.3) is 0 Å². The smallest absolute Gasteiger partial charge is 0.145 e. The number of benzene rings is 1. The lowest BCUT2D eigenvalue weighted by Gasteiger charge is -1.99. The van der Waals surface area contributed by atoms with Crippen LogP contribution >= 0.6 is 11.5 Å². The second-order valence-corrected chi connectivity index (χ2v) is 3.64. The Morgan fingerprint density at radius 3 is 2.94 bits per heavy atom. The number of hydrogen-bond donors (Lipinski definition) is 1. The Hall–Kier alpha value is -2.37. The van der Waals surface area contributed by atoms with Gasteiger partial charge in [-0.2, -0.15) is 14.9 Å². The summed E-state index contributed by atoms with van der Waals surface area (Å²) in [6, 6.07) is 9.24. The lowest BCUT2D eigenvalue weighted by Crippen LogP contribution is -1.89. The summed E-state index contributed by atoms with van der Waals surface area (Å²) in [7, 11) is 0. The Labute approximate surface area is 96.2 Å². The van der Waals surface area contributed by atoms with Gasteiger partial charge in [0.15, 0.2) is 0 Å². The van der Waals surface area contributed by atoms with Gasteiger partial charge < -0.3 is 5.32 Å². The molecule has 0 aliphatic rings. The highest BCUT2D eigenvalue weighted by atomic mass is 32.1. The molecule has 0 aliphatic carbocycles. The van der Waals surface area contributed by atoms with Crippen LogP contribution in [0, 0.1) is 22.7 Å². The van der Waals surface area contributed by atoms with Gasteiger partial charge in [0.05, 0.1) is 5.52 Å². The van der Waals surface area contributed by atoms with Crippen molar-refractivity contribution in [2.24, 2.45) is 0 Å². The molecule has 1 aromatic carbocycles. The van der Waals surface area contributed by atoms with Gasteiger partial charge in [0.1, 0.15) is 17.7 Å². The first-order valence-electron chi connectivity index (χ1n) is 4.44. The van der Waals surface area contributed by atoms with Crippen LogP contribution in [0.5, 0.6) is 0 Å². The van der Waals surface area contributed by atoms with E-state index in [1.54, 1.807) is 12.1 Å². The van der Waals surface area contributed by atoms with E-state index in [9.17, 15) is 0 Å². The largest absolute Gasteiger partial charge is 0.360 e. The second-order valence-electron chi connectivity index (χ2n) is 3.01. The molecule has 0 spiro atoms. The molecule has 0 amide bonds. The summed E-state index contributed by atoms with van der Waals surface area (Å²) in [6.07, 6.45) is 1.38. The molecule has 2 aromatic rings. The summed E-state index contributed by atoms with van der Waals surface area (Å²) in [5.41, 5.74) is 1.75. The Kier molecular flexibility index (Phi) is 2.81. The van der Waals surface area contributed by atoms with Crippen LogP contribution in [0.15, 0.2) is 35.4 Å². The predicted molar refractivity (Wildman–Crippen MR) is 62.6 cm³/mol. The molecule has 0 unspecified atom stereocenters. The van der Waals surface area contributed by atoms with E-state index in [-0.39, 0.29) is 5.57 Å². The molecule has 1 heterocycles. The van der Waals surface area contributed by atoms with Crippen LogP contribution in [0.25, 0.3) is 10.9 Å². The van der Waals surface area contributed by atoms with Gasteiger partial charge in [-0.15, -0.1) is 0 Å². The van der Waals surface area contributed by atoms with Crippen molar-refractivity contribution in [2.45, 2.75) is 0 Å². The Morgan fingerprint density at radius 2 is 2.19 bits per heavy atom. The zero-order valence-corrected chi connectivity index (χ0v) is 8.95. The summed E-state index contributed by atoms with van der Waals surface area (Å²) in [6.45, 7) is 0. The number of nitrogens with zero attached hydrogens (tertiary/aromatic N) is 3. The molecule has 2 rings (SSSR count). The zero-order valence-electron chi connectivity index (χ0n) is 8.14. The van der Waals surface area contributed by atoms with E-state index in [0.29, 0.717) is 0 Å². The van der Waals surface area contributed by atoms with Crippen molar-refractivity contribution in [3.05, 3.63) is 35.4 Å². The van der Waals surface area contributed by atoms with E-state index in [0.717, 1.165) is 16.6 Å². The van der Waals surface area contributed by atoms with Crippen LogP contribution in [0.4, 0.5) is 5.69 Å². The van der Waals surface area contributed by atoms with Gasteiger partial charge >= 0.3 is 0 Å².